The second kappa shape index (κ2) is 5.89. The molecule has 108 valence electrons. The molecule has 0 aromatic heterocycles. The Bertz CT molecular complexity index is 621. The van der Waals surface area contributed by atoms with Gasteiger partial charge in [0.15, 0.2) is 0 Å². The van der Waals surface area contributed by atoms with Gasteiger partial charge in [0.2, 0.25) is 20.0 Å². The largest absolute Gasteiger partial charge is 0.284 e. The first-order chi connectivity index (χ1) is 8.64. The van der Waals surface area contributed by atoms with E-state index in [2.05, 4.69) is 9.44 Å². The molecular formula is C11H18N2O4S2. The Hall–Kier alpha value is -1.12. The van der Waals surface area contributed by atoms with Crippen LogP contribution in [0.3, 0.4) is 0 Å². The van der Waals surface area contributed by atoms with Crippen LogP contribution in [0.1, 0.15) is 20.3 Å². The van der Waals surface area contributed by atoms with Gasteiger partial charge >= 0.3 is 0 Å². The molecule has 1 atom stereocenters. The fourth-order valence-electron chi connectivity index (χ4n) is 1.33. The van der Waals surface area contributed by atoms with E-state index >= 15 is 0 Å². The average molecular weight is 306 g/mol. The molecule has 0 aliphatic rings. The number of sulfonamides is 2. The molecule has 1 aromatic carbocycles. The van der Waals surface area contributed by atoms with Crippen molar-refractivity contribution in [2.75, 3.05) is 11.0 Å². The summed E-state index contributed by atoms with van der Waals surface area (Å²) < 4.78 is 50.7. The summed E-state index contributed by atoms with van der Waals surface area (Å²) in [4.78, 5) is 0.104. The first-order valence-electron chi connectivity index (χ1n) is 5.74. The number of benzene rings is 1. The summed E-state index contributed by atoms with van der Waals surface area (Å²) in [6.45, 7) is 3.66. The minimum absolute atomic E-state index is 0.104. The van der Waals surface area contributed by atoms with Crippen LogP contribution in [0.2, 0.25) is 0 Å². The molecule has 0 aliphatic carbocycles. The molecule has 0 heterocycles. The van der Waals surface area contributed by atoms with E-state index < -0.39 is 20.0 Å². The Morgan fingerprint density at radius 2 is 1.63 bits per heavy atom. The van der Waals surface area contributed by atoms with Crippen LogP contribution in [0.5, 0.6) is 0 Å². The van der Waals surface area contributed by atoms with E-state index in [9.17, 15) is 16.8 Å². The van der Waals surface area contributed by atoms with Gasteiger partial charge < -0.3 is 0 Å². The Morgan fingerprint density at radius 3 is 2.05 bits per heavy atom. The second-order valence-corrected chi connectivity index (χ2v) is 7.79. The lowest BCUT2D eigenvalue weighted by atomic mass is 10.3. The molecule has 0 spiro atoms. The highest BCUT2D eigenvalue weighted by atomic mass is 32.2. The molecule has 0 unspecified atom stereocenters. The SMILES string of the molecule is CC[C@@H](C)NS(=O)(=O)c1ccc(NS(C)(=O)=O)cc1. The fourth-order valence-corrected chi connectivity index (χ4v) is 3.22. The third-order valence-corrected chi connectivity index (χ3v) is 4.65. The second-order valence-electron chi connectivity index (χ2n) is 4.33. The zero-order chi connectivity index (χ0) is 14.7. The molecule has 0 saturated heterocycles. The molecule has 6 nitrogen and oxygen atoms in total. The van der Waals surface area contributed by atoms with E-state index in [0.29, 0.717) is 12.1 Å². The summed E-state index contributed by atoms with van der Waals surface area (Å²) >= 11 is 0. The molecule has 0 fully saturated rings. The van der Waals surface area contributed by atoms with Gasteiger partial charge in [0.05, 0.1) is 11.2 Å². The minimum Gasteiger partial charge on any atom is -0.284 e. The zero-order valence-electron chi connectivity index (χ0n) is 11.0. The smallest absolute Gasteiger partial charge is 0.240 e. The summed E-state index contributed by atoms with van der Waals surface area (Å²) in [6.07, 6.45) is 1.72. The molecule has 2 N–H and O–H groups in total. The predicted octanol–water partition coefficient (Wildman–Crippen LogP) is 1.13. The van der Waals surface area contributed by atoms with Crippen LogP contribution in [-0.4, -0.2) is 29.1 Å². The van der Waals surface area contributed by atoms with E-state index in [0.717, 1.165) is 6.26 Å². The lowest BCUT2D eigenvalue weighted by Gasteiger charge is -2.12. The summed E-state index contributed by atoms with van der Waals surface area (Å²) in [5.41, 5.74) is 0.324. The zero-order valence-corrected chi connectivity index (χ0v) is 12.7. The topological polar surface area (TPSA) is 92.3 Å². The van der Waals surface area contributed by atoms with Crippen LogP contribution < -0.4 is 9.44 Å². The molecule has 19 heavy (non-hydrogen) atoms. The van der Waals surface area contributed by atoms with E-state index in [-0.39, 0.29) is 10.9 Å². The molecular weight excluding hydrogens is 288 g/mol. The third-order valence-electron chi connectivity index (χ3n) is 2.44. The van der Waals surface area contributed by atoms with E-state index in [4.69, 9.17) is 0 Å². The maximum atomic E-state index is 11.9. The molecule has 0 aliphatic heterocycles. The van der Waals surface area contributed by atoms with Crippen molar-refractivity contribution >= 4 is 25.7 Å². The summed E-state index contributed by atoms with van der Waals surface area (Å²) in [6, 6.07) is 5.38. The highest BCUT2D eigenvalue weighted by molar-refractivity contribution is 7.92. The lowest BCUT2D eigenvalue weighted by molar-refractivity contribution is 0.556. The number of hydrogen-bond donors (Lipinski definition) is 2. The van der Waals surface area contributed by atoms with Gasteiger partial charge in [-0.05, 0) is 37.6 Å². The average Bonchev–Trinajstić information content (AvgIpc) is 2.26. The Balaban J connectivity index is 2.93. The van der Waals surface area contributed by atoms with Crippen molar-refractivity contribution in [1.29, 1.82) is 0 Å². The van der Waals surface area contributed by atoms with Crippen LogP contribution in [0.25, 0.3) is 0 Å². The Labute approximate surface area is 114 Å². The van der Waals surface area contributed by atoms with Gasteiger partial charge in [-0.1, -0.05) is 6.92 Å². The Morgan fingerprint density at radius 1 is 1.11 bits per heavy atom. The third kappa shape index (κ3) is 5.17. The monoisotopic (exact) mass is 306 g/mol. The Kier molecular flexibility index (Phi) is 4.94. The molecule has 1 aromatic rings. The number of anilines is 1. The van der Waals surface area contributed by atoms with Crippen LogP contribution in [0, 0.1) is 0 Å². The number of rotatable bonds is 6. The van der Waals surface area contributed by atoms with Crippen LogP contribution in [0.15, 0.2) is 29.2 Å². The number of nitrogens with one attached hydrogen (secondary N) is 2. The van der Waals surface area contributed by atoms with Crippen molar-refractivity contribution in [1.82, 2.24) is 4.72 Å². The van der Waals surface area contributed by atoms with E-state index in [1.807, 2.05) is 6.92 Å². The van der Waals surface area contributed by atoms with Gasteiger partial charge in [-0.3, -0.25) is 4.72 Å². The molecule has 0 bridgehead atoms. The van der Waals surface area contributed by atoms with Crippen LogP contribution in [0.4, 0.5) is 5.69 Å². The van der Waals surface area contributed by atoms with Crippen LogP contribution >= 0.6 is 0 Å². The summed E-state index contributed by atoms with van der Waals surface area (Å²) in [5.74, 6) is 0. The van der Waals surface area contributed by atoms with Crippen molar-refractivity contribution < 1.29 is 16.8 Å². The van der Waals surface area contributed by atoms with E-state index in [1.165, 1.54) is 24.3 Å². The van der Waals surface area contributed by atoms with Gasteiger partial charge in [0, 0.05) is 11.7 Å². The molecule has 0 radical (unpaired) electrons. The standard InChI is InChI=1S/C11H18N2O4S2/c1-4-9(2)12-19(16,17)11-7-5-10(6-8-11)13-18(3,14)15/h5-9,12-13H,4H2,1-3H3/t9-/m1/s1. The fraction of sp³-hybridized carbons (Fsp3) is 0.455. The highest BCUT2D eigenvalue weighted by Crippen LogP contribution is 2.15. The van der Waals surface area contributed by atoms with Gasteiger partial charge in [-0.25, -0.2) is 21.6 Å². The molecule has 8 heteroatoms. The van der Waals surface area contributed by atoms with Crippen molar-refractivity contribution in [3.05, 3.63) is 24.3 Å². The summed E-state index contributed by atoms with van der Waals surface area (Å²) in [5, 5.41) is 0. The van der Waals surface area contributed by atoms with Crippen molar-refractivity contribution in [3.63, 3.8) is 0 Å². The van der Waals surface area contributed by atoms with Gasteiger partial charge in [-0.15, -0.1) is 0 Å². The van der Waals surface area contributed by atoms with Crippen molar-refractivity contribution in [3.8, 4) is 0 Å². The number of hydrogen-bond acceptors (Lipinski definition) is 4. The van der Waals surface area contributed by atoms with Gasteiger partial charge in [0.1, 0.15) is 0 Å². The van der Waals surface area contributed by atoms with E-state index in [1.54, 1.807) is 6.92 Å². The first-order valence-corrected chi connectivity index (χ1v) is 9.11. The lowest BCUT2D eigenvalue weighted by Crippen LogP contribution is -2.31. The quantitative estimate of drug-likeness (QED) is 0.824. The van der Waals surface area contributed by atoms with Gasteiger partial charge in [-0.2, -0.15) is 0 Å². The van der Waals surface area contributed by atoms with Gasteiger partial charge in [0.25, 0.3) is 0 Å². The summed E-state index contributed by atoms with van der Waals surface area (Å²) in [7, 11) is -6.92. The molecule has 0 saturated carbocycles. The molecule has 0 amide bonds. The highest BCUT2D eigenvalue weighted by Gasteiger charge is 2.16. The first kappa shape index (κ1) is 15.9. The van der Waals surface area contributed by atoms with Crippen molar-refractivity contribution in [2.45, 2.75) is 31.2 Å². The van der Waals surface area contributed by atoms with Crippen molar-refractivity contribution in [2.24, 2.45) is 0 Å². The predicted molar refractivity (Wildman–Crippen MR) is 75.0 cm³/mol. The van der Waals surface area contributed by atoms with Crippen LogP contribution in [-0.2, 0) is 20.0 Å². The normalized spacial score (nSPS) is 14.1. The minimum atomic E-state index is -3.56. The maximum Gasteiger partial charge on any atom is 0.240 e. The maximum absolute atomic E-state index is 11.9. The molecule has 1 rings (SSSR count).